The summed E-state index contributed by atoms with van der Waals surface area (Å²) in [6, 6.07) is 1.69. The predicted molar refractivity (Wildman–Crippen MR) is 70.4 cm³/mol. The average Bonchev–Trinajstić information content (AvgIpc) is 2.78. The Hall–Kier alpha value is -1.32. The Morgan fingerprint density at radius 3 is 2.42 bits per heavy atom. The summed E-state index contributed by atoms with van der Waals surface area (Å²) in [5, 5.41) is 6.60. The van der Waals surface area contributed by atoms with Gasteiger partial charge in [0, 0.05) is 12.5 Å². The fourth-order valence-electron chi connectivity index (χ4n) is 5.31. The fourth-order valence-corrected chi connectivity index (χ4v) is 5.31. The van der Waals surface area contributed by atoms with Crippen molar-refractivity contribution in [1.29, 1.82) is 0 Å². The van der Waals surface area contributed by atoms with Crippen molar-refractivity contribution >= 4 is 11.7 Å². The van der Waals surface area contributed by atoms with Gasteiger partial charge in [-0.1, -0.05) is 5.16 Å². The van der Waals surface area contributed by atoms with Gasteiger partial charge in [-0.2, -0.15) is 0 Å². The molecule has 1 amide bonds. The molecule has 0 unspecified atom stereocenters. The van der Waals surface area contributed by atoms with Gasteiger partial charge < -0.3 is 9.84 Å². The standard InChI is InChI=1S/C15H20N2O2/c18-14(16-13-1-2-19-17-13)9-15-6-10-3-11(7-15)5-12(4-10)8-15/h1-2,10-12H,3-9H2,(H,16,17,18). The van der Waals surface area contributed by atoms with Crippen LogP contribution >= 0.6 is 0 Å². The van der Waals surface area contributed by atoms with Crippen molar-refractivity contribution in [2.24, 2.45) is 23.2 Å². The number of amides is 1. The van der Waals surface area contributed by atoms with Crippen molar-refractivity contribution in [3.63, 3.8) is 0 Å². The molecule has 4 heteroatoms. The van der Waals surface area contributed by atoms with Gasteiger partial charge in [0.1, 0.15) is 6.26 Å². The normalized spacial score (nSPS) is 39.5. The van der Waals surface area contributed by atoms with Gasteiger partial charge in [0.05, 0.1) is 0 Å². The Balaban J connectivity index is 1.46. The SMILES string of the molecule is O=C(CC12CC3CC(CC(C3)C1)C2)Nc1ccon1. The first-order valence-corrected chi connectivity index (χ1v) is 7.41. The zero-order valence-corrected chi connectivity index (χ0v) is 11.1. The Morgan fingerprint density at radius 2 is 1.89 bits per heavy atom. The molecular weight excluding hydrogens is 240 g/mol. The molecule has 1 aromatic heterocycles. The Labute approximate surface area is 112 Å². The van der Waals surface area contributed by atoms with E-state index in [-0.39, 0.29) is 5.91 Å². The maximum Gasteiger partial charge on any atom is 0.226 e. The highest BCUT2D eigenvalue weighted by Crippen LogP contribution is 2.61. The first-order chi connectivity index (χ1) is 9.21. The van der Waals surface area contributed by atoms with E-state index in [0.29, 0.717) is 17.7 Å². The average molecular weight is 260 g/mol. The van der Waals surface area contributed by atoms with E-state index in [9.17, 15) is 4.79 Å². The molecule has 4 bridgehead atoms. The first-order valence-electron chi connectivity index (χ1n) is 7.41. The van der Waals surface area contributed by atoms with Crippen LogP contribution in [0.2, 0.25) is 0 Å². The molecule has 1 N–H and O–H groups in total. The Morgan fingerprint density at radius 1 is 1.26 bits per heavy atom. The summed E-state index contributed by atoms with van der Waals surface area (Å²) in [5.41, 5.74) is 0.294. The number of anilines is 1. The molecule has 1 heterocycles. The minimum atomic E-state index is 0.107. The van der Waals surface area contributed by atoms with Crippen molar-refractivity contribution in [2.75, 3.05) is 5.32 Å². The number of carbonyl (C=O) groups is 1. The van der Waals surface area contributed by atoms with Gasteiger partial charge in [-0.25, -0.2) is 0 Å². The van der Waals surface area contributed by atoms with Crippen LogP contribution in [-0.2, 0) is 4.79 Å². The van der Waals surface area contributed by atoms with Gasteiger partial charge in [0.2, 0.25) is 5.91 Å². The third kappa shape index (κ3) is 2.07. The first kappa shape index (κ1) is 11.5. The Kier molecular flexibility index (Phi) is 2.47. The van der Waals surface area contributed by atoms with Crippen LogP contribution in [0.5, 0.6) is 0 Å². The van der Waals surface area contributed by atoms with Crippen LogP contribution in [0.15, 0.2) is 16.9 Å². The third-order valence-electron chi connectivity index (χ3n) is 5.41. The van der Waals surface area contributed by atoms with Crippen molar-refractivity contribution < 1.29 is 9.32 Å². The topological polar surface area (TPSA) is 55.1 Å². The zero-order valence-electron chi connectivity index (χ0n) is 11.1. The second-order valence-corrected chi connectivity index (χ2v) is 7.03. The highest BCUT2D eigenvalue weighted by molar-refractivity contribution is 5.90. The van der Waals surface area contributed by atoms with Crippen LogP contribution < -0.4 is 5.32 Å². The van der Waals surface area contributed by atoms with Gasteiger partial charge >= 0.3 is 0 Å². The predicted octanol–water partition coefficient (Wildman–Crippen LogP) is 3.22. The Bertz CT molecular complexity index is 445. The van der Waals surface area contributed by atoms with Crippen molar-refractivity contribution in [2.45, 2.75) is 44.9 Å². The quantitative estimate of drug-likeness (QED) is 0.907. The van der Waals surface area contributed by atoms with E-state index in [1.54, 1.807) is 6.07 Å². The van der Waals surface area contributed by atoms with Gasteiger partial charge in [-0.15, -0.1) is 0 Å². The largest absolute Gasteiger partial charge is 0.363 e. The summed E-state index contributed by atoms with van der Waals surface area (Å²) in [6.45, 7) is 0. The van der Waals surface area contributed by atoms with Crippen molar-refractivity contribution in [1.82, 2.24) is 5.16 Å². The molecule has 102 valence electrons. The molecule has 0 aromatic carbocycles. The minimum Gasteiger partial charge on any atom is -0.363 e. The van der Waals surface area contributed by atoms with E-state index in [1.807, 2.05) is 0 Å². The van der Waals surface area contributed by atoms with Crippen molar-refractivity contribution in [3.8, 4) is 0 Å². The van der Waals surface area contributed by atoms with Crippen LogP contribution in [0, 0.1) is 23.2 Å². The van der Waals surface area contributed by atoms with E-state index >= 15 is 0 Å². The summed E-state index contributed by atoms with van der Waals surface area (Å²) in [7, 11) is 0. The van der Waals surface area contributed by atoms with Crippen molar-refractivity contribution in [3.05, 3.63) is 12.3 Å². The molecule has 0 aliphatic heterocycles. The smallest absolute Gasteiger partial charge is 0.226 e. The lowest BCUT2D eigenvalue weighted by Gasteiger charge is -2.56. The summed E-state index contributed by atoms with van der Waals surface area (Å²) in [5.74, 6) is 3.33. The number of rotatable bonds is 3. The third-order valence-corrected chi connectivity index (χ3v) is 5.41. The highest BCUT2D eigenvalue weighted by atomic mass is 16.5. The van der Waals surface area contributed by atoms with E-state index in [1.165, 1.54) is 44.8 Å². The van der Waals surface area contributed by atoms with E-state index in [4.69, 9.17) is 4.52 Å². The van der Waals surface area contributed by atoms with Crippen LogP contribution in [0.3, 0.4) is 0 Å². The number of nitrogens with one attached hydrogen (secondary N) is 1. The second kappa shape index (κ2) is 4.09. The monoisotopic (exact) mass is 260 g/mol. The molecule has 1 aromatic rings. The molecule has 0 radical (unpaired) electrons. The number of carbonyl (C=O) groups excluding carboxylic acids is 1. The van der Waals surface area contributed by atoms with Gasteiger partial charge in [0.25, 0.3) is 0 Å². The molecule has 4 aliphatic rings. The maximum atomic E-state index is 12.2. The van der Waals surface area contributed by atoms with Crippen LogP contribution in [0.4, 0.5) is 5.82 Å². The highest BCUT2D eigenvalue weighted by Gasteiger charge is 2.51. The number of hydrogen-bond acceptors (Lipinski definition) is 3. The summed E-state index contributed by atoms with van der Waals surface area (Å²) in [6.07, 6.45) is 10.2. The van der Waals surface area contributed by atoms with E-state index in [2.05, 4.69) is 10.5 Å². The second-order valence-electron chi connectivity index (χ2n) is 7.03. The number of hydrogen-bond donors (Lipinski definition) is 1. The lowest BCUT2D eigenvalue weighted by Crippen LogP contribution is -2.47. The summed E-state index contributed by atoms with van der Waals surface area (Å²) >= 11 is 0. The van der Waals surface area contributed by atoms with Crippen LogP contribution in [-0.4, -0.2) is 11.1 Å². The summed E-state index contributed by atoms with van der Waals surface area (Å²) < 4.78 is 4.74. The van der Waals surface area contributed by atoms with Crippen LogP contribution in [0.25, 0.3) is 0 Å². The minimum absolute atomic E-state index is 0.107. The lowest BCUT2D eigenvalue weighted by atomic mass is 9.49. The van der Waals surface area contributed by atoms with Gasteiger partial charge in [0.15, 0.2) is 5.82 Å². The zero-order chi connectivity index (χ0) is 12.9. The van der Waals surface area contributed by atoms with Crippen LogP contribution in [0.1, 0.15) is 44.9 Å². The fraction of sp³-hybridized carbons (Fsp3) is 0.733. The van der Waals surface area contributed by atoms with E-state index in [0.717, 1.165) is 17.8 Å². The van der Waals surface area contributed by atoms with E-state index < -0.39 is 0 Å². The molecule has 0 saturated heterocycles. The number of nitrogens with zero attached hydrogens (tertiary/aromatic N) is 1. The molecule has 5 rings (SSSR count). The number of aromatic nitrogens is 1. The molecule has 4 saturated carbocycles. The van der Waals surface area contributed by atoms with Gasteiger partial charge in [-0.05, 0) is 61.7 Å². The molecule has 19 heavy (non-hydrogen) atoms. The molecular formula is C15H20N2O2. The maximum absolute atomic E-state index is 12.2. The molecule has 4 fully saturated rings. The molecule has 0 spiro atoms. The lowest BCUT2D eigenvalue weighted by molar-refractivity contribution is -0.124. The molecule has 0 atom stereocenters. The van der Waals surface area contributed by atoms with Gasteiger partial charge in [-0.3, -0.25) is 4.79 Å². The summed E-state index contributed by atoms with van der Waals surface area (Å²) in [4.78, 5) is 12.2. The molecule has 4 aliphatic carbocycles. The molecule has 4 nitrogen and oxygen atoms in total.